The molecule has 42 heavy (non-hydrogen) atoms. The summed E-state index contributed by atoms with van der Waals surface area (Å²) in [4.78, 5) is 9.06. The lowest BCUT2D eigenvalue weighted by molar-refractivity contribution is -0.109. The Balaban J connectivity index is 0.000000658. The van der Waals surface area contributed by atoms with Crippen LogP contribution >= 0.6 is 23.2 Å². The van der Waals surface area contributed by atoms with E-state index in [0.717, 1.165) is 0 Å². The fourth-order valence-corrected chi connectivity index (χ4v) is 4.21. The maximum absolute atomic E-state index is 14.2. The Morgan fingerprint density at radius 1 is 1.17 bits per heavy atom. The Kier molecular flexibility index (Phi) is 18.9. The maximum Gasteiger partial charge on any atom is 0.206 e. The molecule has 0 aromatic heterocycles. The molecule has 0 saturated carbocycles. The third-order valence-electron chi connectivity index (χ3n) is 5.92. The number of halogens is 4. The minimum Gasteiger partial charge on any atom is -0.396 e. The first-order chi connectivity index (χ1) is 19.7. The molecular weight excluding hydrogens is 585 g/mol. The number of rotatable bonds is 8. The van der Waals surface area contributed by atoms with E-state index in [9.17, 15) is 19.1 Å². The molecule has 0 spiro atoms. The van der Waals surface area contributed by atoms with Gasteiger partial charge in [-0.05, 0) is 68.6 Å². The molecule has 2 aromatic rings. The van der Waals surface area contributed by atoms with Crippen molar-refractivity contribution in [1.29, 1.82) is 5.26 Å². The Morgan fingerprint density at radius 3 is 2.24 bits per heavy atom. The lowest BCUT2D eigenvalue weighted by atomic mass is 9.79. The van der Waals surface area contributed by atoms with E-state index in [2.05, 4.69) is 22.0 Å². The largest absolute Gasteiger partial charge is 0.396 e. The third kappa shape index (κ3) is 16.0. The van der Waals surface area contributed by atoms with Crippen LogP contribution in [-0.2, 0) is 4.79 Å². The van der Waals surface area contributed by atoms with Crippen molar-refractivity contribution in [2.45, 2.75) is 58.6 Å². The number of nitriles is 1. The second-order valence-corrected chi connectivity index (χ2v) is 11.8. The highest BCUT2D eigenvalue weighted by Gasteiger charge is 2.40. The van der Waals surface area contributed by atoms with Gasteiger partial charge in [-0.25, -0.2) is 8.78 Å². The number of hydrogen-bond acceptors (Lipinski definition) is 6. The van der Waals surface area contributed by atoms with Crippen molar-refractivity contribution < 1.29 is 23.8 Å². The van der Waals surface area contributed by atoms with Crippen LogP contribution in [0.2, 0.25) is 10.0 Å². The molecular formula is C31H44Cl2F2N4O3. The molecule has 11 heteroatoms. The molecule has 1 aliphatic rings. The molecule has 0 aliphatic carbocycles. The highest BCUT2D eigenvalue weighted by Crippen LogP contribution is 2.38. The molecule has 7 nitrogen and oxygen atoms in total. The lowest BCUT2D eigenvalue weighted by Gasteiger charge is -2.27. The van der Waals surface area contributed by atoms with E-state index >= 15 is 0 Å². The third-order valence-corrected chi connectivity index (χ3v) is 6.45. The van der Waals surface area contributed by atoms with Crippen LogP contribution in [0.15, 0.2) is 54.7 Å². The first kappa shape index (κ1) is 39.3. The standard InChI is InChI=1S/C16H20ClFN2O.C7H15NO.C6H4ClF.C2H5NO/c1-16(2,9-21)6-14-11(7-19)12(8-20-14)10-4-3-5-13(17)15(10)18;1-4-5-8-6-7(2,3)9;7-5-2-1-3-6(8)4-5;1-3-2-4/h3-5,11-12,14,20-21H,6,8-9H2,1-2H3;4-5,8-9H,6H2,1-3H3;1-4H;2H,1H3,(H,3,4)/b;5-4-;;. The van der Waals surface area contributed by atoms with E-state index in [0.29, 0.717) is 36.5 Å². The molecule has 234 valence electrons. The second kappa shape index (κ2) is 20.2. The number of nitrogens with zero attached hydrogens (tertiary/aromatic N) is 1. The van der Waals surface area contributed by atoms with Crippen LogP contribution in [0, 0.1) is 34.3 Å². The van der Waals surface area contributed by atoms with Gasteiger partial charge in [-0.1, -0.05) is 61.3 Å². The predicted octanol–water partition coefficient (Wildman–Crippen LogP) is 5.80. The van der Waals surface area contributed by atoms with Crippen LogP contribution in [0.5, 0.6) is 0 Å². The first-order valence-electron chi connectivity index (χ1n) is 13.4. The molecule has 3 rings (SSSR count). The van der Waals surface area contributed by atoms with Crippen molar-refractivity contribution >= 4 is 29.6 Å². The maximum atomic E-state index is 14.2. The topological polar surface area (TPSA) is 117 Å². The molecule has 1 heterocycles. The molecule has 2 aromatic carbocycles. The second-order valence-electron chi connectivity index (χ2n) is 11.0. The number of aliphatic hydroxyl groups is 2. The molecule has 1 amide bonds. The average Bonchev–Trinajstić information content (AvgIpc) is 3.32. The number of allylic oxidation sites excluding steroid dienone is 1. The van der Waals surface area contributed by atoms with E-state index in [4.69, 9.17) is 33.1 Å². The normalized spacial score (nSPS) is 17.8. The van der Waals surface area contributed by atoms with Crippen LogP contribution in [0.1, 0.15) is 52.5 Å². The summed E-state index contributed by atoms with van der Waals surface area (Å²) in [6.45, 7) is 10.6. The quantitative estimate of drug-likeness (QED) is 0.236. The summed E-state index contributed by atoms with van der Waals surface area (Å²) in [7, 11) is 1.56. The summed E-state index contributed by atoms with van der Waals surface area (Å²) in [5, 5.41) is 37.0. The molecule has 5 N–H and O–H groups in total. The summed E-state index contributed by atoms with van der Waals surface area (Å²) in [6.07, 6.45) is 5.00. The number of nitrogens with one attached hydrogen (secondary N) is 3. The Hall–Kier alpha value is -2.74. The predicted molar refractivity (Wildman–Crippen MR) is 166 cm³/mol. The van der Waals surface area contributed by atoms with Crippen LogP contribution in [0.3, 0.4) is 0 Å². The van der Waals surface area contributed by atoms with Crippen molar-refractivity contribution in [2.24, 2.45) is 11.3 Å². The van der Waals surface area contributed by atoms with Gasteiger partial charge in [0.2, 0.25) is 6.41 Å². The monoisotopic (exact) mass is 628 g/mol. The Labute approximate surface area is 258 Å². The van der Waals surface area contributed by atoms with Gasteiger partial charge in [0.05, 0.1) is 22.6 Å². The molecule has 1 saturated heterocycles. The SMILES string of the molecule is C/C=C\NCC(C)(C)O.CC(C)(CO)CC1NCC(c2cccc(Cl)c2F)C1C#N.CNC=O.Fc1cccc(Cl)c1. The van der Waals surface area contributed by atoms with Crippen LogP contribution in [0.4, 0.5) is 8.78 Å². The van der Waals surface area contributed by atoms with Gasteiger partial charge < -0.3 is 26.2 Å². The van der Waals surface area contributed by atoms with Crippen molar-refractivity contribution in [2.75, 3.05) is 26.7 Å². The lowest BCUT2D eigenvalue weighted by Crippen LogP contribution is -2.34. The van der Waals surface area contributed by atoms with Gasteiger partial charge in [0, 0.05) is 43.7 Å². The fourth-order valence-electron chi connectivity index (χ4n) is 3.85. The van der Waals surface area contributed by atoms with Crippen molar-refractivity contribution in [3.05, 3.63) is 82.0 Å². The van der Waals surface area contributed by atoms with Gasteiger partial charge in [-0.3, -0.25) is 4.79 Å². The minimum atomic E-state index is -0.612. The van der Waals surface area contributed by atoms with Crippen LogP contribution < -0.4 is 16.0 Å². The smallest absolute Gasteiger partial charge is 0.206 e. The summed E-state index contributed by atoms with van der Waals surface area (Å²) in [6, 6.07) is 13.0. The van der Waals surface area contributed by atoms with E-state index in [1.165, 1.54) is 18.2 Å². The number of carbonyl (C=O) groups excluding carboxylic acids is 1. The highest BCUT2D eigenvalue weighted by molar-refractivity contribution is 6.31. The Morgan fingerprint density at radius 2 is 1.79 bits per heavy atom. The van der Waals surface area contributed by atoms with Crippen LogP contribution in [-0.4, -0.2) is 55.0 Å². The molecule has 3 atom stereocenters. The Bertz CT molecular complexity index is 1120. The van der Waals surface area contributed by atoms with Crippen molar-refractivity contribution in [3.8, 4) is 6.07 Å². The summed E-state index contributed by atoms with van der Waals surface area (Å²) in [5.74, 6) is -1.28. The zero-order chi connectivity index (χ0) is 32.3. The number of amides is 1. The van der Waals surface area contributed by atoms with Crippen molar-refractivity contribution in [3.63, 3.8) is 0 Å². The van der Waals surface area contributed by atoms with E-state index in [1.807, 2.05) is 33.0 Å². The van der Waals surface area contributed by atoms with Gasteiger partial charge in [0.25, 0.3) is 0 Å². The van der Waals surface area contributed by atoms with Crippen LogP contribution in [0.25, 0.3) is 0 Å². The number of aliphatic hydroxyl groups excluding tert-OH is 1. The number of hydrogen-bond donors (Lipinski definition) is 5. The molecule has 1 aliphatic heterocycles. The highest BCUT2D eigenvalue weighted by atomic mass is 35.5. The fraction of sp³-hybridized carbons (Fsp3) is 0.484. The summed E-state index contributed by atoms with van der Waals surface area (Å²) in [5.41, 5.74) is -0.389. The van der Waals surface area contributed by atoms with Gasteiger partial charge in [0.1, 0.15) is 11.6 Å². The van der Waals surface area contributed by atoms with Gasteiger partial charge in [-0.2, -0.15) is 5.26 Å². The zero-order valence-electron chi connectivity index (χ0n) is 25.1. The number of benzene rings is 2. The summed E-state index contributed by atoms with van der Waals surface area (Å²) >= 11 is 11.2. The molecule has 0 bridgehead atoms. The minimum absolute atomic E-state index is 0.0551. The number of carbonyl (C=O) groups is 1. The van der Waals surface area contributed by atoms with Gasteiger partial charge in [0.15, 0.2) is 0 Å². The first-order valence-corrected chi connectivity index (χ1v) is 14.2. The molecule has 0 radical (unpaired) electrons. The van der Waals surface area contributed by atoms with E-state index in [1.54, 1.807) is 45.2 Å². The molecule has 3 unspecified atom stereocenters. The summed E-state index contributed by atoms with van der Waals surface area (Å²) < 4.78 is 26.3. The van der Waals surface area contributed by atoms with E-state index in [-0.39, 0.29) is 40.7 Å². The molecule has 1 fully saturated rings. The van der Waals surface area contributed by atoms with Crippen molar-refractivity contribution in [1.82, 2.24) is 16.0 Å². The van der Waals surface area contributed by atoms with Gasteiger partial charge in [-0.15, -0.1) is 0 Å². The average molecular weight is 630 g/mol. The van der Waals surface area contributed by atoms with E-state index < -0.39 is 11.4 Å². The zero-order valence-corrected chi connectivity index (χ0v) is 26.6. The van der Waals surface area contributed by atoms with Gasteiger partial charge >= 0.3 is 0 Å².